The summed E-state index contributed by atoms with van der Waals surface area (Å²) in [5.74, 6) is 1.17. The van der Waals surface area contributed by atoms with Crippen LogP contribution in [0.4, 0.5) is 0 Å². The molecule has 1 aromatic carbocycles. The highest BCUT2D eigenvalue weighted by molar-refractivity contribution is 5.93. The van der Waals surface area contributed by atoms with Crippen LogP contribution in [0.15, 0.2) is 47.3 Å². The fourth-order valence-corrected chi connectivity index (χ4v) is 3.89. The molecule has 1 amide bonds. The van der Waals surface area contributed by atoms with Crippen molar-refractivity contribution in [2.24, 2.45) is 5.92 Å². The van der Waals surface area contributed by atoms with Crippen molar-refractivity contribution >= 4 is 16.8 Å². The molecule has 134 valence electrons. The minimum absolute atomic E-state index is 0.00809. The number of carbonyl (C=O) groups excluding carboxylic acids is 1. The average Bonchev–Trinajstić information content (AvgIpc) is 2.95. The third kappa shape index (κ3) is 3.34. The summed E-state index contributed by atoms with van der Waals surface area (Å²) >= 11 is 0. The van der Waals surface area contributed by atoms with E-state index in [1.165, 1.54) is 17.3 Å². The molecule has 0 radical (unpaired) electrons. The smallest absolute Gasteiger partial charge is 0.276 e. The Balaban J connectivity index is 1.45. The summed E-state index contributed by atoms with van der Waals surface area (Å²) in [7, 11) is 0. The van der Waals surface area contributed by atoms with Gasteiger partial charge in [0.2, 0.25) is 0 Å². The zero-order valence-corrected chi connectivity index (χ0v) is 15.0. The van der Waals surface area contributed by atoms with Crippen molar-refractivity contribution in [3.05, 3.63) is 59.9 Å². The number of hydrogen-bond donors (Lipinski definition) is 0. The van der Waals surface area contributed by atoms with Crippen LogP contribution in [-0.2, 0) is 6.42 Å². The second-order valence-corrected chi connectivity index (χ2v) is 7.04. The number of rotatable bonds is 3. The SMILES string of the molecule is Cc1ocnc1C(=O)N1CCC[C@H](Cc2cccc3ncccc23)CC1. The fraction of sp³-hybridized carbons (Fsp3) is 0.381. The van der Waals surface area contributed by atoms with E-state index in [1.807, 2.05) is 17.2 Å². The predicted octanol–water partition coefficient (Wildman–Crippen LogP) is 4.02. The molecule has 1 aliphatic heterocycles. The van der Waals surface area contributed by atoms with Gasteiger partial charge in [0.25, 0.3) is 5.91 Å². The van der Waals surface area contributed by atoms with Gasteiger partial charge in [0.05, 0.1) is 5.52 Å². The second kappa shape index (κ2) is 7.28. The predicted molar refractivity (Wildman–Crippen MR) is 99.9 cm³/mol. The zero-order valence-electron chi connectivity index (χ0n) is 15.0. The monoisotopic (exact) mass is 349 g/mol. The zero-order chi connectivity index (χ0) is 17.9. The van der Waals surface area contributed by atoms with Gasteiger partial charge in [-0.25, -0.2) is 4.98 Å². The molecule has 0 aliphatic carbocycles. The lowest BCUT2D eigenvalue weighted by Gasteiger charge is -2.20. The van der Waals surface area contributed by atoms with Crippen LogP contribution in [0.5, 0.6) is 0 Å². The summed E-state index contributed by atoms with van der Waals surface area (Å²) < 4.78 is 5.18. The Labute approximate surface area is 153 Å². The van der Waals surface area contributed by atoms with Crippen molar-refractivity contribution in [2.45, 2.75) is 32.6 Å². The molecule has 1 fully saturated rings. The Morgan fingerprint density at radius 3 is 2.96 bits per heavy atom. The number of likely N-dealkylation sites (tertiary alicyclic amines) is 1. The van der Waals surface area contributed by atoms with Crippen molar-refractivity contribution in [2.75, 3.05) is 13.1 Å². The average molecular weight is 349 g/mol. The number of nitrogens with zero attached hydrogens (tertiary/aromatic N) is 3. The van der Waals surface area contributed by atoms with Gasteiger partial charge in [-0.3, -0.25) is 9.78 Å². The summed E-state index contributed by atoms with van der Waals surface area (Å²) in [6.07, 6.45) is 7.40. The van der Waals surface area contributed by atoms with Crippen LogP contribution in [-0.4, -0.2) is 33.9 Å². The van der Waals surface area contributed by atoms with E-state index in [4.69, 9.17) is 4.42 Å². The third-order valence-corrected chi connectivity index (χ3v) is 5.33. The Kier molecular flexibility index (Phi) is 4.69. The van der Waals surface area contributed by atoms with Crippen molar-refractivity contribution < 1.29 is 9.21 Å². The quantitative estimate of drug-likeness (QED) is 0.717. The first-order valence-electron chi connectivity index (χ1n) is 9.24. The first-order chi connectivity index (χ1) is 12.7. The molecule has 1 saturated heterocycles. The highest BCUT2D eigenvalue weighted by Crippen LogP contribution is 2.26. The number of pyridine rings is 1. The van der Waals surface area contributed by atoms with E-state index < -0.39 is 0 Å². The van der Waals surface area contributed by atoms with Gasteiger partial charge in [0.1, 0.15) is 5.76 Å². The number of amides is 1. The van der Waals surface area contributed by atoms with Crippen molar-refractivity contribution in [3.63, 3.8) is 0 Å². The second-order valence-electron chi connectivity index (χ2n) is 7.04. The van der Waals surface area contributed by atoms with Crippen LogP contribution >= 0.6 is 0 Å². The number of aryl methyl sites for hydroxylation is 1. The standard InChI is InChI=1S/C21H23N3O2/c1-15-20(23-14-26-15)21(25)24-11-4-5-16(9-12-24)13-17-6-2-8-19-18(17)7-3-10-22-19/h2-3,6-8,10,14,16H,4-5,9,11-13H2,1H3/t16-/m0/s1. The third-order valence-electron chi connectivity index (χ3n) is 5.33. The van der Waals surface area contributed by atoms with E-state index in [9.17, 15) is 4.79 Å². The van der Waals surface area contributed by atoms with E-state index in [0.29, 0.717) is 17.4 Å². The largest absolute Gasteiger partial charge is 0.448 e. The molecule has 5 nitrogen and oxygen atoms in total. The molecule has 4 rings (SSSR count). The van der Waals surface area contributed by atoms with Gasteiger partial charge in [-0.1, -0.05) is 18.2 Å². The van der Waals surface area contributed by atoms with Crippen molar-refractivity contribution in [3.8, 4) is 0 Å². The van der Waals surface area contributed by atoms with Crippen LogP contribution in [0.2, 0.25) is 0 Å². The number of benzene rings is 1. The fourth-order valence-electron chi connectivity index (χ4n) is 3.89. The van der Waals surface area contributed by atoms with E-state index in [2.05, 4.69) is 34.2 Å². The Morgan fingerprint density at radius 1 is 1.19 bits per heavy atom. The Morgan fingerprint density at radius 2 is 2.12 bits per heavy atom. The van der Waals surface area contributed by atoms with Gasteiger partial charge in [0.15, 0.2) is 12.1 Å². The van der Waals surface area contributed by atoms with Crippen molar-refractivity contribution in [1.82, 2.24) is 14.9 Å². The molecule has 0 saturated carbocycles. The molecule has 26 heavy (non-hydrogen) atoms. The molecule has 2 aromatic heterocycles. The maximum Gasteiger partial charge on any atom is 0.276 e. The van der Waals surface area contributed by atoms with Gasteiger partial charge in [0, 0.05) is 24.7 Å². The van der Waals surface area contributed by atoms with Gasteiger partial charge < -0.3 is 9.32 Å². The number of aromatic nitrogens is 2. The number of carbonyl (C=O) groups is 1. The van der Waals surface area contributed by atoms with E-state index in [0.717, 1.165) is 44.3 Å². The lowest BCUT2D eigenvalue weighted by atomic mass is 9.91. The van der Waals surface area contributed by atoms with E-state index in [1.54, 1.807) is 6.92 Å². The first kappa shape index (κ1) is 16.8. The molecular weight excluding hydrogens is 326 g/mol. The molecule has 1 aliphatic rings. The van der Waals surface area contributed by atoms with Gasteiger partial charge in [-0.15, -0.1) is 0 Å². The molecule has 0 spiro atoms. The van der Waals surface area contributed by atoms with E-state index >= 15 is 0 Å². The van der Waals surface area contributed by atoms with Crippen LogP contribution in [0.1, 0.15) is 41.1 Å². The highest BCUT2D eigenvalue weighted by Gasteiger charge is 2.25. The maximum atomic E-state index is 12.7. The van der Waals surface area contributed by atoms with Gasteiger partial charge in [-0.05, 0) is 56.2 Å². The summed E-state index contributed by atoms with van der Waals surface area (Å²) in [5.41, 5.74) is 2.85. The van der Waals surface area contributed by atoms with Crippen LogP contribution < -0.4 is 0 Å². The molecule has 0 unspecified atom stereocenters. The Bertz CT molecular complexity index is 913. The summed E-state index contributed by atoms with van der Waals surface area (Å²) in [4.78, 5) is 23.1. The van der Waals surface area contributed by atoms with Crippen LogP contribution in [0, 0.1) is 12.8 Å². The summed E-state index contributed by atoms with van der Waals surface area (Å²) in [5, 5.41) is 1.24. The number of hydrogen-bond acceptors (Lipinski definition) is 4. The van der Waals surface area contributed by atoms with Gasteiger partial charge >= 0.3 is 0 Å². The first-order valence-corrected chi connectivity index (χ1v) is 9.24. The minimum atomic E-state index is -0.00809. The molecule has 3 heterocycles. The lowest BCUT2D eigenvalue weighted by Crippen LogP contribution is -2.32. The molecule has 5 heteroatoms. The molecule has 3 aromatic rings. The van der Waals surface area contributed by atoms with Crippen LogP contribution in [0.3, 0.4) is 0 Å². The van der Waals surface area contributed by atoms with E-state index in [-0.39, 0.29) is 5.91 Å². The lowest BCUT2D eigenvalue weighted by molar-refractivity contribution is 0.0753. The van der Waals surface area contributed by atoms with Crippen molar-refractivity contribution in [1.29, 1.82) is 0 Å². The molecular formula is C21H23N3O2. The van der Waals surface area contributed by atoms with Crippen LogP contribution in [0.25, 0.3) is 10.9 Å². The molecule has 0 bridgehead atoms. The van der Waals surface area contributed by atoms with Gasteiger partial charge in [-0.2, -0.15) is 0 Å². The minimum Gasteiger partial charge on any atom is -0.448 e. The highest BCUT2D eigenvalue weighted by atomic mass is 16.3. The maximum absolute atomic E-state index is 12.7. The number of oxazole rings is 1. The summed E-state index contributed by atoms with van der Waals surface area (Å²) in [6, 6.07) is 10.5. The molecule has 1 atom stereocenters. The summed E-state index contributed by atoms with van der Waals surface area (Å²) in [6.45, 7) is 3.35. The topological polar surface area (TPSA) is 59.2 Å². The number of fused-ring (bicyclic) bond motifs is 1. The molecule has 0 N–H and O–H groups in total. The normalized spacial score (nSPS) is 18.0. The Hall–Kier alpha value is -2.69.